The van der Waals surface area contributed by atoms with Crippen LogP contribution < -0.4 is 0 Å². The summed E-state index contributed by atoms with van der Waals surface area (Å²) in [6.45, 7) is 0. The number of aromatic nitrogens is 1. The predicted octanol–water partition coefficient (Wildman–Crippen LogP) is 13.1. The van der Waals surface area contributed by atoms with E-state index in [0.29, 0.717) is 0 Å². The van der Waals surface area contributed by atoms with Gasteiger partial charge in [0.2, 0.25) is 0 Å². The van der Waals surface area contributed by atoms with Crippen LogP contribution in [0.1, 0.15) is 0 Å². The van der Waals surface area contributed by atoms with Crippen LogP contribution in [0.4, 0.5) is 0 Å². The third-order valence-electron chi connectivity index (χ3n) is 11.5. The molecule has 0 bridgehead atoms. The molecule has 2 aromatic heterocycles. The first-order valence-corrected chi connectivity index (χ1v) is 20.5. The average molecular weight is 700 g/mol. The Morgan fingerprint density at radius 3 is 1.67 bits per heavy atom. The molecule has 0 amide bonds. The number of rotatable bonds is 2. The monoisotopic (exact) mass is 699 g/mol. The molecule has 2 nitrogen and oxygen atoms in total. The Kier molecular flexibility index (Phi) is 5.41. The van der Waals surface area contributed by atoms with Crippen molar-refractivity contribution in [3.05, 3.63) is 176 Å². The SMILES string of the molecule is O=S12(c3ccccc3-c3ccccc31)c1ccccc1-c1cc(-c3ccc(-n4c5ccccc5c5c6c(ccc54)sc4ccccc46)cc3)ccc12. The third kappa shape index (κ3) is 3.29. The van der Waals surface area contributed by atoms with Crippen molar-refractivity contribution in [3.63, 3.8) is 0 Å². The molecule has 1 spiro atoms. The van der Waals surface area contributed by atoms with Gasteiger partial charge in [-0.15, -0.1) is 11.3 Å². The summed E-state index contributed by atoms with van der Waals surface area (Å²) in [4.78, 5) is 3.66. The van der Waals surface area contributed by atoms with Gasteiger partial charge >= 0.3 is 0 Å². The van der Waals surface area contributed by atoms with Crippen molar-refractivity contribution in [1.29, 1.82) is 0 Å². The van der Waals surface area contributed by atoms with Crippen molar-refractivity contribution >= 4 is 62.4 Å². The molecule has 0 saturated carbocycles. The normalized spacial score (nSPS) is 15.4. The summed E-state index contributed by atoms with van der Waals surface area (Å²) in [6, 6.07) is 62.6. The van der Waals surface area contributed by atoms with Gasteiger partial charge in [-0.1, -0.05) is 109 Å². The lowest BCUT2D eigenvalue weighted by Gasteiger charge is -2.38. The molecular formula is C48H29NOS2. The standard InChI is InChI=1S/C48H29NOS2/c50-52(43-18-8-3-11-33(43)34-12-4-9-19-44(34)52)45-20-10-5-13-35(45)38-29-31(23-28-46(38)52)30-21-24-32(25-22-30)49-39-16-6-1-14-36(39)47-40(49)26-27-42-48(47)37-15-2-7-17-41(37)51-42/h1-29H. The molecule has 244 valence electrons. The van der Waals surface area contributed by atoms with Gasteiger partial charge in [0.25, 0.3) is 0 Å². The van der Waals surface area contributed by atoms with Gasteiger partial charge in [0.15, 0.2) is 0 Å². The lowest BCUT2D eigenvalue weighted by Crippen LogP contribution is -2.29. The molecule has 0 aliphatic carbocycles. The summed E-state index contributed by atoms with van der Waals surface area (Å²) in [5.41, 5.74) is 10.0. The largest absolute Gasteiger partial charge is 0.309 e. The van der Waals surface area contributed by atoms with E-state index >= 15 is 4.21 Å². The maximum atomic E-state index is 16.6. The molecule has 8 aromatic carbocycles. The highest BCUT2D eigenvalue weighted by Gasteiger charge is 2.57. The van der Waals surface area contributed by atoms with Crippen molar-refractivity contribution in [2.45, 2.75) is 19.6 Å². The van der Waals surface area contributed by atoms with Gasteiger partial charge in [-0.05, 0) is 100 Å². The fraction of sp³-hybridized carbons (Fsp3) is 0. The zero-order chi connectivity index (χ0) is 34.2. The highest BCUT2D eigenvalue weighted by molar-refractivity contribution is 8.21. The maximum absolute atomic E-state index is 16.6. The number of nitrogens with zero attached hydrogens (tertiary/aromatic N) is 1. The van der Waals surface area contributed by atoms with E-state index < -0.39 is 9.07 Å². The quantitative estimate of drug-likeness (QED) is 0.176. The number of thiophene rings is 1. The van der Waals surface area contributed by atoms with Crippen LogP contribution in [0.2, 0.25) is 0 Å². The topological polar surface area (TPSA) is 22.0 Å². The minimum absolute atomic E-state index is 0.911. The van der Waals surface area contributed by atoms with Gasteiger partial charge in [0.05, 0.1) is 11.0 Å². The molecule has 0 fully saturated rings. The number of hydrogen-bond acceptors (Lipinski definition) is 2. The number of para-hydroxylation sites is 1. The summed E-state index contributed by atoms with van der Waals surface area (Å²) in [5, 5.41) is 5.24. The van der Waals surface area contributed by atoms with Gasteiger partial charge in [0.1, 0.15) is 0 Å². The Bertz CT molecular complexity index is 3200. The van der Waals surface area contributed by atoms with Crippen molar-refractivity contribution in [3.8, 4) is 39.1 Å². The fourth-order valence-corrected chi connectivity index (χ4v) is 15.7. The smallest absolute Gasteiger partial charge is 0.0548 e. The summed E-state index contributed by atoms with van der Waals surface area (Å²) >= 11 is 1.87. The van der Waals surface area contributed by atoms with E-state index in [2.05, 4.69) is 162 Å². The molecule has 0 atom stereocenters. The van der Waals surface area contributed by atoms with Gasteiger partial charge in [0, 0.05) is 65.3 Å². The van der Waals surface area contributed by atoms with Gasteiger partial charge in [-0.3, -0.25) is 4.21 Å². The van der Waals surface area contributed by atoms with Gasteiger partial charge in [-0.2, -0.15) is 0 Å². The molecule has 10 aromatic rings. The second-order valence-corrected chi connectivity index (χ2v) is 18.7. The Hall–Kier alpha value is -6.07. The highest BCUT2D eigenvalue weighted by Crippen LogP contribution is 2.71. The first kappa shape index (κ1) is 28.6. The van der Waals surface area contributed by atoms with Crippen LogP contribution in [0, 0.1) is 0 Å². The summed E-state index contributed by atoms with van der Waals surface area (Å²) in [5.74, 6) is 0. The van der Waals surface area contributed by atoms with E-state index in [1.807, 2.05) is 29.5 Å². The predicted molar refractivity (Wildman–Crippen MR) is 218 cm³/mol. The van der Waals surface area contributed by atoms with Crippen molar-refractivity contribution in [1.82, 2.24) is 4.57 Å². The van der Waals surface area contributed by atoms with E-state index in [4.69, 9.17) is 0 Å². The number of hydrogen-bond donors (Lipinski definition) is 0. The van der Waals surface area contributed by atoms with E-state index in [0.717, 1.165) is 58.7 Å². The van der Waals surface area contributed by atoms with Crippen LogP contribution in [0.3, 0.4) is 0 Å². The Morgan fingerprint density at radius 1 is 0.404 bits per heavy atom. The molecule has 4 heterocycles. The number of benzene rings is 8. The molecular weight excluding hydrogens is 671 g/mol. The van der Waals surface area contributed by atoms with Gasteiger partial charge < -0.3 is 4.57 Å². The molecule has 12 rings (SSSR count). The summed E-state index contributed by atoms with van der Waals surface area (Å²) in [6.07, 6.45) is 0. The van der Waals surface area contributed by atoms with E-state index in [9.17, 15) is 0 Å². The first-order chi connectivity index (χ1) is 25.6. The van der Waals surface area contributed by atoms with Crippen LogP contribution in [0.25, 0.3) is 81.0 Å². The van der Waals surface area contributed by atoms with Crippen molar-refractivity contribution in [2.24, 2.45) is 0 Å². The Labute approximate surface area is 304 Å². The van der Waals surface area contributed by atoms with Crippen LogP contribution in [0.5, 0.6) is 0 Å². The molecule has 0 saturated heterocycles. The van der Waals surface area contributed by atoms with E-state index in [1.165, 1.54) is 42.0 Å². The molecule has 2 aliphatic rings. The lowest BCUT2D eigenvalue weighted by atomic mass is 9.99. The minimum Gasteiger partial charge on any atom is -0.309 e. The first-order valence-electron chi connectivity index (χ1n) is 17.7. The van der Waals surface area contributed by atoms with Crippen molar-refractivity contribution < 1.29 is 4.21 Å². The minimum atomic E-state index is -3.83. The second-order valence-electron chi connectivity index (χ2n) is 14.0. The van der Waals surface area contributed by atoms with Crippen molar-refractivity contribution in [2.75, 3.05) is 0 Å². The maximum Gasteiger partial charge on any atom is 0.0548 e. The average Bonchev–Trinajstić information content (AvgIpc) is 3.89. The summed E-state index contributed by atoms with van der Waals surface area (Å²) in [7, 11) is -3.83. The van der Waals surface area contributed by atoms with Crippen LogP contribution in [-0.4, -0.2) is 8.78 Å². The number of fused-ring (bicyclic) bond motifs is 17. The van der Waals surface area contributed by atoms with E-state index in [1.54, 1.807) is 0 Å². The van der Waals surface area contributed by atoms with E-state index in [-0.39, 0.29) is 0 Å². The fourth-order valence-electron chi connectivity index (χ4n) is 9.41. The van der Waals surface area contributed by atoms with Crippen LogP contribution in [0.15, 0.2) is 196 Å². The Morgan fingerprint density at radius 2 is 0.962 bits per heavy atom. The van der Waals surface area contributed by atoms with Crippen LogP contribution in [-0.2, 0) is 9.07 Å². The molecule has 0 unspecified atom stereocenters. The summed E-state index contributed by atoms with van der Waals surface area (Å²) < 4.78 is 21.7. The zero-order valence-electron chi connectivity index (χ0n) is 27.9. The molecule has 0 radical (unpaired) electrons. The molecule has 4 heteroatoms. The molecule has 52 heavy (non-hydrogen) atoms. The van der Waals surface area contributed by atoms with Crippen LogP contribution >= 0.6 is 11.3 Å². The molecule has 0 N–H and O–H groups in total. The zero-order valence-corrected chi connectivity index (χ0v) is 29.5. The highest BCUT2D eigenvalue weighted by atomic mass is 32.3. The second kappa shape index (κ2) is 9.83. The molecule has 2 aliphatic heterocycles. The van der Waals surface area contributed by atoms with Gasteiger partial charge in [-0.25, -0.2) is 0 Å². The lowest BCUT2D eigenvalue weighted by molar-refractivity contribution is 0.658. The Balaban J connectivity index is 1.04. The third-order valence-corrected chi connectivity index (χ3v) is 17.5.